The first-order valence-corrected chi connectivity index (χ1v) is 7.89. The number of morpholine rings is 1. The third-order valence-electron chi connectivity index (χ3n) is 4.27. The molecule has 0 saturated carbocycles. The van der Waals surface area contributed by atoms with Crippen molar-refractivity contribution in [2.75, 3.05) is 57.4 Å². The number of nitrogens with two attached hydrogens (primary N) is 1. The van der Waals surface area contributed by atoms with E-state index in [0.29, 0.717) is 31.9 Å². The molecule has 2 heterocycles. The highest BCUT2D eigenvalue weighted by atomic mass is 16.6. The molecule has 0 unspecified atom stereocenters. The second-order valence-corrected chi connectivity index (χ2v) is 5.72. The summed E-state index contributed by atoms with van der Waals surface area (Å²) in [7, 11) is 0. The molecule has 8 nitrogen and oxygen atoms in total. The van der Waals surface area contributed by atoms with Crippen LogP contribution in [0, 0.1) is 10.1 Å². The number of quaternary nitrogens is 1. The maximum atomic E-state index is 12.9. The Morgan fingerprint density at radius 1 is 1.17 bits per heavy atom. The van der Waals surface area contributed by atoms with Gasteiger partial charge in [-0.15, -0.1) is 0 Å². The fraction of sp³-hybridized carbons (Fsp3) is 0.533. The standard InChI is InChI=1S/C15H20N4O4/c20-15(18-7-9-23-10-8-18)13-11-12(19(21)22)1-2-14(13)17-5-3-16-4-6-17/h1-2,11,16H,3-10H2/p+1. The van der Waals surface area contributed by atoms with Crippen LogP contribution in [0.25, 0.3) is 0 Å². The maximum Gasteiger partial charge on any atom is 0.270 e. The summed E-state index contributed by atoms with van der Waals surface area (Å²) in [6.07, 6.45) is 0. The number of non-ortho nitro benzene ring substituents is 1. The van der Waals surface area contributed by atoms with Crippen LogP contribution in [-0.2, 0) is 4.74 Å². The van der Waals surface area contributed by atoms with E-state index in [-0.39, 0.29) is 11.6 Å². The van der Waals surface area contributed by atoms with Gasteiger partial charge in [0.2, 0.25) is 0 Å². The number of benzene rings is 1. The summed E-state index contributed by atoms with van der Waals surface area (Å²) in [5.41, 5.74) is 1.16. The number of rotatable bonds is 3. The lowest BCUT2D eigenvalue weighted by Gasteiger charge is -2.31. The molecule has 0 atom stereocenters. The van der Waals surface area contributed by atoms with Crippen LogP contribution < -0.4 is 10.2 Å². The highest BCUT2D eigenvalue weighted by molar-refractivity contribution is 6.00. The number of nitrogens with zero attached hydrogens (tertiary/aromatic N) is 3. The smallest absolute Gasteiger partial charge is 0.270 e. The maximum absolute atomic E-state index is 12.9. The zero-order chi connectivity index (χ0) is 16.2. The molecule has 2 fully saturated rings. The van der Waals surface area contributed by atoms with Crippen molar-refractivity contribution >= 4 is 17.3 Å². The van der Waals surface area contributed by atoms with Crippen molar-refractivity contribution in [3.8, 4) is 0 Å². The van der Waals surface area contributed by atoms with E-state index in [9.17, 15) is 14.9 Å². The quantitative estimate of drug-likeness (QED) is 0.596. The molecule has 2 saturated heterocycles. The first kappa shape index (κ1) is 15.7. The molecule has 3 rings (SSSR count). The van der Waals surface area contributed by atoms with Crippen LogP contribution in [0.1, 0.15) is 10.4 Å². The van der Waals surface area contributed by atoms with Gasteiger partial charge in [-0.3, -0.25) is 14.9 Å². The molecule has 1 aromatic carbocycles. The van der Waals surface area contributed by atoms with Gasteiger partial charge in [-0.2, -0.15) is 0 Å². The lowest BCUT2D eigenvalue weighted by Crippen LogP contribution is -2.89. The normalized spacial score (nSPS) is 18.8. The van der Waals surface area contributed by atoms with Crippen LogP contribution in [0.4, 0.5) is 11.4 Å². The van der Waals surface area contributed by atoms with Crippen molar-refractivity contribution in [3.05, 3.63) is 33.9 Å². The molecule has 0 spiro atoms. The third kappa shape index (κ3) is 3.43. The number of carbonyl (C=O) groups excluding carboxylic acids is 1. The van der Waals surface area contributed by atoms with Crippen LogP contribution in [0.15, 0.2) is 18.2 Å². The second kappa shape index (κ2) is 6.93. The van der Waals surface area contributed by atoms with Crippen LogP contribution in [0.2, 0.25) is 0 Å². The highest BCUT2D eigenvalue weighted by Crippen LogP contribution is 2.27. The molecule has 124 valence electrons. The Hall–Kier alpha value is -2.19. The van der Waals surface area contributed by atoms with Crippen molar-refractivity contribution in [3.63, 3.8) is 0 Å². The monoisotopic (exact) mass is 321 g/mol. The predicted molar refractivity (Wildman–Crippen MR) is 83.7 cm³/mol. The van der Waals surface area contributed by atoms with Crippen molar-refractivity contribution in [2.45, 2.75) is 0 Å². The molecular weight excluding hydrogens is 300 g/mol. The van der Waals surface area contributed by atoms with E-state index in [4.69, 9.17) is 4.74 Å². The van der Waals surface area contributed by atoms with Gasteiger partial charge < -0.3 is 19.9 Å². The molecule has 0 radical (unpaired) electrons. The number of ether oxygens (including phenoxy) is 1. The third-order valence-corrected chi connectivity index (χ3v) is 4.27. The summed E-state index contributed by atoms with van der Waals surface area (Å²) in [5, 5.41) is 13.3. The SMILES string of the molecule is O=C(c1cc([N+](=O)[O-])ccc1N1CC[NH2+]CC1)N1CCOCC1. The van der Waals surface area contributed by atoms with Gasteiger partial charge in [0.05, 0.1) is 55.6 Å². The fourth-order valence-electron chi connectivity index (χ4n) is 3.01. The summed E-state index contributed by atoms with van der Waals surface area (Å²) < 4.78 is 5.28. The molecule has 1 aromatic rings. The molecule has 2 aliphatic heterocycles. The molecule has 23 heavy (non-hydrogen) atoms. The largest absolute Gasteiger partial charge is 0.378 e. The molecule has 0 aromatic heterocycles. The summed E-state index contributed by atoms with van der Waals surface area (Å²) in [5.74, 6) is -0.151. The molecule has 2 aliphatic rings. The average molecular weight is 321 g/mol. The molecule has 0 aliphatic carbocycles. The zero-order valence-corrected chi connectivity index (χ0v) is 12.9. The van der Waals surface area contributed by atoms with E-state index in [2.05, 4.69) is 10.2 Å². The lowest BCUT2D eigenvalue weighted by molar-refractivity contribution is -0.655. The zero-order valence-electron chi connectivity index (χ0n) is 12.9. The summed E-state index contributed by atoms with van der Waals surface area (Å²) >= 11 is 0. The molecule has 0 bridgehead atoms. The minimum Gasteiger partial charge on any atom is -0.378 e. The van der Waals surface area contributed by atoms with Crippen LogP contribution in [0.3, 0.4) is 0 Å². The highest BCUT2D eigenvalue weighted by Gasteiger charge is 2.26. The fourth-order valence-corrected chi connectivity index (χ4v) is 3.01. The Morgan fingerprint density at radius 2 is 1.87 bits per heavy atom. The van der Waals surface area contributed by atoms with Crippen LogP contribution in [-0.4, -0.2) is 68.2 Å². The van der Waals surface area contributed by atoms with Gasteiger partial charge in [-0.05, 0) is 6.07 Å². The van der Waals surface area contributed by atoms with Crippen LogP contribution >= 0.6 is 0 Å². The number of nitro groups is 1. The Morgan fingerprint density at radius 3 is 2.52 bits per heavy atom. The van der Waals surface area contributed by atoms with Gasteiger partial charge >= 0.3 is 0 Å². The van der Waals surface area contributed by atoms with Crippen molar-refractivity contribution < 1.29 is 19.8 Å². The lowest BCUT2D eigenvalue weighted by atomic mass is 10.1. The molecular formula is C15H21N4O4+. The molecule has 8 heteroatoms. The van der Waals surface area contributed by atoms with E-state index >= 15 is 0 Å². The topological polar surface area (TPSA) is 92.5 Å². The number of anilines is 1. The van der Waals surface area contributed by atoms with Crippen molar-refractivity contribution in [2.24, 2.45) is 0 Å². The van der Waals surface area contributed by atoms with Gasteiger partial charge in [-0.25, -0.2) is 0 Å². The van der Waals surface area contributed by atoms with Crippen molar-refractivity contribution in [1.29, 1.82) is 0 Å². The molecule has 1 amide bonds. The predicted octanol–water partition coefficient (Wildman–Crippen LogP) is -0.549. The minimum atomic E-state index is -0.455. The number of hydrogen-bond acceptors (Lipinski definition) is 5. The van der Waals surface area contributed by atoms with E-state index in [0.717, 1.165) is 31.9 Å². The Labute approximate surface area is 134 Å². The molecule has 2 N–H and O–H groups in total. The van der Waals surface area contributed by atoms with Crippen LogP contribution in [0.5, 0.6) is 0 Å². The van der Waals surface area contributed by atoms with Gasteiger partial charge in [-0.1, -0.05) is 0 Å². The summed E-state index contributed by atoms with van der Waals surface area (Å²) in [6.45, 7) is 5.65. The minimum absolute atomic E-state index is 0.0473. The number of nitro benzene ring substituents is 1. The average Bonchev–Trinajstić information content (AvgIpc) is 2.62. The van der Waals surface area contributed by atoms with E-state index in [1.54, 1.807) is 11.0 Å². The number of hydrogen-bond donors (Lipinski definition) is 1. The Balaban J connectivity index is 1.94. The number of piperazine rings is 1. The second-order valence-electron chi connectivity index (χ2n) is 5.72. The number of carbonyl (C=O) groups is 1. The first-order chi connectivity index (χ1) is 11.2. The summed E-state index contributed by atoms with van der Waals surface area (Å²) in [6, 6.07) is 4.59. The summed E-state index contributed by atoms with van der Waals surface area (Å²) in [4.78, 5) is 27.3. The first-order valence-electron chi connectivity index (χ1n) is 7.89. The number of amides is 1. The Kier molecular flexibility index (Phi) is 4.73. The van der Waals surface area contributed by atoms with Gasteiger partial charge in [0.15, 0.2) is 0 Å². The van der Waals surface area contributed by atoms with Gasteiger partial charge in [0.25, 0.3) is 11.6 Å². The van der Waals surface area contributed by atoms with E-state index in [1.165, 1.54) is 12.1 Å². The van der Waals surface area contributed by atoms with E-state index in [1.807, 2.05) is 0 Å². The van der Waals surface area contributed by atoms with Gasteiger partial charge in [0.1, 0.15) is 0 Å². The van der Waals surface area contributed by atoms with Crippen molar-refractivity contribution in [1.82, 2.24) is 4.90 Å². The van der Waals surface area contributed by atoms with Gasteiger partial charge in [0, 0.05) is 25.2 Å². The van der Waals surface area contributed by atoms with E-state index < -0.39 is 4.92 Å². The Bertz CT molecular complexity index is 595.